The van der Waals surface area contributed by atoms with Crippen molar-refractivity contribution < 1.29 is 27.9 Å². The SMILES string of the molecule is C[C@H](NC(=O)Cc1ccccc1C(F)(F)F)C(=O)O. The van der Waals surface area contributed by atoms with Crippen LogP contribution < -0.4 is 5.32 Å². The van der Waals surface area contributed by atoms with Gasteiger partial charge in [0.1, 0.15) is 6.04 Å². The number of carboxylic acids is 1. The van der Waals surface area contributed by atoms with Crippen molar-refractivity contribution in [2.75, 3.05) is 0 Å². The summed E-state index contributed by atoms with van der Waals surface area (Å²) in [6.07, 6.45) is -5.07. The van der Waals surface area contributed by atoms with Crippen molar-refractivity contribution in [2.24, 2.45) is 0 Å². The molecule has 1 aromatic rings. The van der Waals surface area contributed by atoms with Crippen LogP contribution >= 0.6 is 0 Å². The van der Waals surface area contributed by atoms with Crippen LogP contribution in [-0.4, -0.2) is 23.0 Å². The van der Waals surface area contributed by atoms with E-state index < -0.39 is 36.1 Å². The number of carbonyl (C=O) groups excluding carboxylic acids is 1. The average Bonchev–Trinajstić information content (AvgIpc) is 2.27. The third-order valence-corrected chi connectivity index (χ3v) is 2.42. The number of hydrogen-bond donors (Lipinski definition) is 2. The number of hydrogen-bond acceptors (Lipinski definition) is 2. The summed E-state index contributed by atoms with van der Waals surface area (Å²) in [5, 5.41) is 10.7. The standard InChI is InChI=1S/C12H12F3NO3/c1-7(11(18)19)16-10(17)6-8-4-2-3-5-9(8)12(13,14)15/h2-5,7H,6H2,1H3,(H,16,17)(H,18,19)/t7-/m0/s1. The monoisotopic (exact) mass is 275 g/mol. The van der Waals surface area contributed by atoms with Crippen molar-refractivity contribution in [3.8, 4) is 0 Å². The molecule has 0 aliphatic heterocycles. The number of amides is 1. The normalized spacial score (nSPS) is 12.8. The molecule has 0 fully saturated rings. The Bertz CT molecular complexity index is 485. The van der Waals surface area contributed by atoms with Gasteiger partial charge in [-0.05, 0) is 18.6 Å². The summed E-state index contributed by atoms with van der Waals surface area (Å²) in [7, 11) is 0. The van der Waals surface area contributed by atoms with Crippen molar-refractivity contribution in [1.29, 1.82) is 0 Å². The van der Waals surface area contributed by atoms with Gasteiger partial charge < -0.3 is 10.4 Å². The topological polar surface area (TPSA) is 66.4 Å². The Morgan fingerprint density at radius 3 is 2.42 bits per heavy atom. The molecule has 0 spiro atoms. The van der Waals surface area contributed by atoms with Gasteiger partial charge >= 0.3 is 12.1 Å². The molecule has 0 aliphatic carbocycles. The lowest BCUT2D eigenvalue weighted by Crippen LogP contribution is -2.39. The number of benzene rings is 1. The smallest absolute Gasteiger partial charge is 0.416 e. The lowest BCUT2D eigenvalue weighted by atomic mass is 10.0. The lowest BCUT2D eigenvalue weighted by molar-refractivity contribution is -0.141. The number of alkyl halides is 3. The van der Waals surface area contributed by atoms with Crippen LogP contribution in [0.3, 0.4) is 0 Å². The number of carboxylic acid groups (broad SMARTS) is 1. The van der Waals surface area contributed by atoms with Crippen LogP contribution in [0.2, 0.25) is 0 Å². The molecule has 0 saturated carbocycles. The van der Waals surface area contributed by atoms with Crippen molar-refractivity contribution >= 4 is 11.9 Å². The second kappa shape index (κ2) is 5.73. The molecule has 2 N–H and O–H groups in total. The zero-order valence-electron chi connectivity index (χ0n) is 9.99. The molecule has 1 rings (SSSR count). The number of halogens is 3. The van der Waals surface area contributed by atoms with Gasteiger partial charge in [0.25, 0.3) is 0 Å². The van der Waals surface area contributed by atoms with Crippen molar-refractivity contribution in [3.63, 3.8) is 0 Å². The Hall–Kier alpha value is -2.05. The van der Waals surface area contributed by atoms with Gasteiger partial charge in [0.2, 0.25) is 5.91 Å². The Labute approximate surface area is 107 Å². The first-order valence-electron chi connectivity index (χ1n) is 5.39. The van der Waals surface area contributed by atoms with Crippen molar-refractivity contribution in [2.45, 2.75) is 25.6 Å². The third kappa shape index (κ3) is 4.27. The first-order valence-corrected chi connectivity index (χ1v) is 5.39. The van der Waals surface area contributed by atoms with Crippen LogP contribution in [0.5, 0.6) is 0 Å². The maximum absolute atomic E-state index is 12.7. The highest BCUT2D eigenvalue weighted by molar-refractivity contribution is 5.84. The highest BCUT2D eigenvalue weighted by Gasteiger charge is 2.33. The van der Waals surface area contributed by atoms with E-state index in [0.29, 0.717) is 0 Å². The molecule has 104 valence electrons. The first-order chi connectivity index (χ1) is 8.71. The Morgan fingerprint density at radius 1 is 1.32 bits per heavy atom. The van der Waals surface area contributed by atoms with Crippen LogP contribution in [0.25, 0.3) is 0 Å². The molecule has 1 atom stereocenters. The van der Waals surface area contributed by atoms with Gasteiger partial charge in [-0.25, -0.2) is 0 Å². The van der Waals surface area contributed by atoms with Crippen LogP contribution in [0.4, 0.5) is 13.2 Å². The van der Waals surface area contributed by atoms with Gasteiger partial charge in [-0.15, -0.1) is 0 Å². The number of aliphatic carboxylic acids is 1. The van der Waals surface area contributed by atoms with E-state index in [2.05, 4.69) is 5.32 Å². The summed E-state index contributed by atoms with van der Waals surface area (Å²) in [5.74, 6) is -2.02. The van der Waals surface area contributed by atoms with E-state index >= 15 is 0 Å². The first kappa shape index (κ1) is 15.0. The molecule has 19 heavy (non-hydrogen) atoms. The highest BCUT2D eigenvalue weighted by atomic mass is 19.4. The van der Waals surface area contributed by atoms with Crippen molar-refractivity contribution in [1.82, 2.24) is 5.32 Å². The summed E-state index contributed by atoms with van der Waals surface area (Å²) < 4.78 is 38.0. The van der Waals surface area contributed by atoms with Gasteiger partial charge in [-0.2, -0.15) is 13.2 Å². The summed E-state index contributed by atoms with van der Waals surface area (Å²) in [6, 6.07) is 3.53. The van der Waals surface area contributed by atoms with Crippen molar-refractivity contribution in [3.05, 3.63) is 35.4 Å². The number of nitrogens with one attached hydrogen (secondary N) is 1. The predicted molar refractivity (Wildman–Crippen MR) is 60.4 cm³/mol. The molecular formula is C12H12F3NO3. The third-order valence-electron chi connectivity index (χ3n) is 2.42. The van der Waals surface area contributed by atoms with Gasteiger partial charge in [0.05, 0.1) is 12.0 Å². The fourth-order valence-electron chi connectivity index (χ4n) is 1.48. The molecular weight excluding hydrogens is 263 g/mol. The molecule has 0 aromatic heterocycles. The minimum absolute atomic E-state index is 0.190. The predicted octanol–water partition coefficient (Wildman–Crippen LogP) is 1.84. The van der Waals surface area contributed by atoms with E-state index in [1.807, 2.05) is 0 Å². The van der Waals surface area contributed by atoms with Crippen LogP contribution in [-0.2, 0) is 22.2 Å². The average molecular weight is 275 g/mol. The van der Waals surface area contributed by atoms with Gasteiger partial charge in [0.15, 0.2) is 0 Å². The summed E-state index contributed by atoms with van der Waals surface area (Å²) in [6.45, 7) is 1.23. The van der Waals surface area contributed by atoms with E-state index in [-0.39, 0.29) is 5.56 Å². The van der Waals surface area contributed by atoms with E-state index in [4.69, 9.17) is 5.11 Å². The second-order valence-electron chi connectivity index (χ2n) is 3.96. The molecule has 1 aromatic carbocycles. The molecule has 0 unspecified atom stereocenters. The number of carbonyl (C=O) groups is 2. The molecule has 0 radical (unpaired) electrons. The summed E-state index contributed by atoms with van der Waals surface area (Å²) >= 11 is 0. The highest BCUT2D eigenvalue weighted by Crippen LogP contribution is 2.31. The molecule has 0 aliphatic rings. The van der Waals surface area contributed by atoms with Gasteiger partial charge in [-0.1, -0.05) is 18.2 Å². The Morgan fingerprint density at radius 2 is 1.89 bits per heavy atom. The molecule has 0 saturated heterocycles. The molecule has 0 bridgehead atoms. The second-order valence-corrected chi connectivity index (χ2v) is 3.96. The zero-order chi connectivity index (χ0) is 14.6. The zero-order valence-corrected chi connectivity index (χ0v) is 9.99. The fourth-order valence-corrected chi connectivity index (χ4v) is 1.48. The summed E-state index contributed by atoms with van der Waals surface area (Å²) in [5.41, 5.74) is -1.08. The lowest BCUT2D eigenvalue weighted by Gasteiger charge is -2.13. The van der Waals surface area contributed by atoms with E-state index in [1.165, 1.54) is 25.1 Å². The number of rotatable bonds is 4. The molecule has 7 heteroatoms. The maximum Gasteiger partial charge on any atom is 0.416 e. The van der Waals surface area contributed by atoms with Gasteiger partial charge in [0, 0.05) is 0 Å². The van der Waals surface area contributed by atoms with Crippen LogP contribution in [0, 0.1) is 0 Å². The Balaban J connectivity index is 2.83. The molecule has 4 nitrogen and oxygen atoms in total. The van der Waals surface area contributed by atoms with Crippen LogP contribution in [0.1, 0.15) is 18.1 Å². The minimum Gasteiger partial charge on any atom is -0.480 e. The summed E-state index contributed by atoms with van der Waals surface area (Å²) in [4.78, 5) is 22.0. The fraction of sp³-hybridized carbons (Fsp3) is 0.333. The van der Waals surface area contributed by atoms with E-state index in [1.54, 1.807) is 0 Å². The molecule has 1 amide bonds. The quantitative estimate of drug-likeness (QED) is 0.881. The largest absolute Gasteiger partial charge is 0.480 e. The molecule has 0 heterocycles. The minimum atomic E-state index is -4.55. The van der Waals surface area contributed by atoms with E-state index in [0.717, 1.165) is 6.07 Å². The van der Waals surface area contributed by atoms with Crippen LogP contribution in [0.15, 0.2) is 24.3 Å². The maximum atomic E-state index is 12.7. The Kier molecular flexibility index (Phi) is 4.52. The van der Waals surface area contributed by atoms with E-state index in [9.17, 15) is 22.8 Å². The van der Waals surface area contributed by atoms with Gasteiger partial charge in [-0.3, -0.25) is 9.59 Å².